The summed E-state index contributed by atoms with van der Waals surface area (Å²) in [6, 6.07) is 1.89. The van der Waals surface area contributed by atoms with Crippen molar-refractivity contribution in [1.82, 2.24) is 5.32 Å². The van der Waals surface area contributed by atoms with Crippen LogP contribution in [0.15, 0.2) is 11.4 Å². The maximum atomic E-state index is 12.2. The fraction of sp³-hybridized carbons (Fsp3) is 0.615. The molecule has 2 heterocycles. The quantitative estimate of drug-likeness (QED) is 0.865. The van der Waals surface area contributed by atoms with Gasteiger partial charge in [0.25, 0.3) is 0 Å². The number of thiophene rings is 1. The second-order valence-corrected chi connectivity index (χ2v) is 5.95. The first-order valence-corrected chi connectivity index (χ1v) is 7.12. The third-order valence-corrected chi connectivity index (χ3v) is 4.63. The Kier molecular flexibility index (Phi) is 4.04. The van der Waals surface area contributed by atoms with E-state index in [0.717, 1.165) is 6.42 Å². The number of nitrogens with one attached hydrogen (secondary N) is 1. The van der Waals surface area contributed by atoms with Crippen LogP contribution in [0.25, 0.3) is 0 Å². The third-order valence-electron chi connectivity index (χ3n) is 3.66. The molecule has 1 amide bonds. The van der Waals surface area contributed by atoms with Gasteiger partial charge in [0, 0.05) is 10.9 Å². The average Bonchev–Trinajstić information content (AvgIpc) is 2.94. The Hall–Kier alpha value is -0.910. The zero-order valence-electron chi connectivity index (χ0n) is 10.9. The fourth-order valence-corrected chi connectivity index (χ4v) is 3.04. The molecule has 2 rings (SSSR count). The highest BCUT2D eigenvalue weighted by Gasteiger charge is 2.44. The van der Waals surface area contributed by atoms with E-state index in [9.17, 15) is 4.79 Å². The van der Waals surface area contributed by atoms with Crippen LogP contribution in [-0.4, -0.2) is 25.2 Å². The normalized spacial score (nSPS) is 27.4. The molecule has 1 saturated heterocycles. The first-order valence-electron chi connectivity index (χ1n) is 6.24. The van der Waals surface area contributed by atoms with Gasteiger partial charge < -0.3 is 15.8 Å². The van der Waals surface area contributed by atoms with Crippen LogP contribution in [0, 0.1) is 5.41 Å². The standard InChI is InChI=1S/C13H20N2O2S/c1-3-9-4-5-18-10(9)6-15-12(16)13(2)8-17-7-11(13)14/h4-5,11H,3,6-8,14H2,1-2H3,(H,15,16). The number of nitrogens with two attached hydrogens (primary N) is 1. The Morgan fingerprint density at radius 2 is 2.50 bits per heavy atom. The molecule has 1 aromatic heterocycles. The summed E-state index contributed by atoms with van der Waals surface area (Å²) >= 11 is 1.68. The van der Waals surface area contributed by atoms with Crippen LogP contribution in [0.3, 0.4) is 0 Å². The topological polar surface area (TPSA) is 64.3 Å². The summed E-state index contributed by atoms with van der Waals surface area (Å²) in [5.74, 6) is -0.0112. The molecule has 0 spiro atoms. The van der Waals surface area contributed by atoms with Crippen LogP contribution >= 0.6 is 11.3 Å². The smallest absolute Gasteiger partial charge is 0.230 e. The summed E-state index contributed by atoms with van der Waals surface area (Å²) in [6.45, 7) is 5.45. The predicted molar refractivity (Wildman–Crippen MR) is 72.4 cm³/mol. The molecule has 1 aromatic rings. The molecule has 2 unspecified atom stereocenters. The van der Waals surface area contributed by atoms with Gasteiger partial charge in [-0.15, -0.1) is 11.3 Å². The molecule has 0 aliphatic carbocycles. The van der Waals surface area contributed by atoms with Crippen LogP contribution < -0.4 is 11.1 Å². The van der Waals surface area contributed by atoms with E-state index >= 15 is 0 Å². The molecular formula is C13H20N2O2S. The van der Waals surface area contributed by atoms with Gasteiger partial charge >= 0.3 is 0 Å². The number of hydrogen-bond donors (Lipinski definition) is 2. The van der Waals surface area contributed by atoms with E-state index in [1.165, 1.54) is 10.4 Å². The summed E-state index contributed by atoms with van der Waals surface area (Å²) in [4.78, 5) is 13.4. The van der Waals surface area contributed by atoms with Crippen molar-refractivity contribution in [2.24, 2.45) is 11.1 Å². The molecule has 5 heteroatoms. The van der Waals surface area contributed by atoms with Gasteiger partial charge in [-0.25, -0.2) is 0 Å². The number of carbonyl (C=O) groups is 1. The Balaban J connectivity index is 1.96. The summed E-state index contributed by atoms with van der Waals surface area (Å²) in [5, 5.41) is 5.05. The predicted octanol–water partition coefficient (Wildman–Crippen LogP) is 1.29. The Morgan fingerprint density at radius 1 is 1.72 bits per heavy atom. The Morgan fingerprint density at radius 3 is 3.11 bits per heavy atom. The second kappa shape index (κ2) is 5.38. The summed E-state index contributed by atoms with van der Waals surface area (Å²) < 4.78 is 5.29. The molecular weight excluding hydrogens is 248 g/mol. The number of amides is 1. The first-order chi connectivity index (χ1) is 8.58. The molecule has 18 heavy (non-hydrogen) atoms. The van der Waals surface area contributed by atoms with E-state index in [4.69, 9.17) is 10.5 Å². The number of hydrogen-bond acceptors (Lipinski definition) is 4. The zero-order chi connectivity index (χ0) is 13.2. The number of aryl methyl sites for hydroxylation is 1. The lowest BCUT2D eigenvalue weighted by atomic mass is 9.85. The molecule has 100 valence electrons. The lowest BCUT2D eigenvalue weighted by Crippen LogP contribution is -2.49. The third kappa shape index (κ3) is 2.43. The summed E-state index contributed by atoms with van der Waals surface area (Å²) in [7, 11) is 0. The van der Waals surface area contributed by atoms with Crippen molar-refractivity contribution in [3.05, 3.63) is 21.9 Å². The van der Waals surface area contributed by atoms with Gasteiger partial charge in [-0.2, -0.15) is 0 Å². The van der Waals surface area contributed by atoms with Crippen molar-refractivity contribution < 1.29 is 9.53 Å². The van der Waals surface area contributed by atoms with Crippen LogP contribution in [0.1, 0.15) is 24.3 Å². The average molecular weight is 268 g/mol. The van der Waals surface area contributed by atoms with Crippen molar-refractivity contribution in [2.75, 3.05) is 13.2 Å². The van der Waals surface area contributed by atoms with Gasteiger partial charge in [-0.1, -0.05) is 6.92 Å². The molecule has 0 saturated carbocycles. The van der Waals surface area contributed by atoms with Crippen molar-refractivity contribution in [3.8, 4) is 0 Å². The van der Waals surface area contributed by atoms with E-state index < -0.39 is 5.41 Å². The molecule has 0 bridgehead atoms. The highest BCUT2D eigenvalue weighted by Crippen LogP contribution is 2.27. The van der Waals surface area contributed by atoms with Gasteiger partial charge in [0.1, 0.15) is 0 Å². The molecule has 3 N–H and O–H groups in total. The summed E-state index contributed by atoms with van der Waals surface area (Å²) in [5.41, 5.74) is 6.65. The van der Waals surface area contributed by atoms with Gasteiger partial charge in [0.2, 0.25) is 5.91 Å². The van der Waals surface area contributed by atoms with Crippen LogP contribution in [-0.2, 0) is 22.5 Å². The van der Waals surface area contributed by atoms with Crippen molar-refractivity contribution in [2.45, 2.75) is 32.9 Å². The van der Waals surface area contributed by atoms with Gasteiger partial charge in [-0.05, 0) is 30.4 Å². The Bertz CT molecular complexity index is 432. The van der Waals surface area contributed by atoms with E-state index in [1.54, 1.807) is 11.3 Å². The molecule has 0 aromatic carbocycles. The highest BCUT2D eigenvalue weighted by atomic mass is 32.1. The van der Waals surface area contributed by atoms with E-state index in [1.807, 2.05) is 6.92 Å². The number of rotatable bonds is 4. The Labute approximate surface area is 112 Å². The van der Waals surface area contributed by atoms with Crippen molar-refractivity contribution >= 4 is 17.2 Å². The molecule has 1 fully saturated rings. The van der Waals surface area contributed by atoms with Crippen LogP contribution in [0.4, 0.5) is 0 Å². The van der Waals surface area contributed by atoms with Crippen molar-refractivity contribution in [3.63, 3.8) is 0 Å². The van der Waals surface area contributed by atoms with Crippen molar-refractivity contribution in [1.29, 1.82) is 0 Å². The minimum Gasteiger partial charge on any atom is -0.379 e. The number of ether oxygens (including phenoxy) is 1. The second-order valence-electron chi connectivity index (χ2n) is 4.94. The minimum absolute atomic E-state index is 0.0112. The maximum absolute atomic E-state index is 12.2. The van der Waals surface area contributed by atoms with E-state index in [0.29, 0.717) is 19.8 Å². The lowest BCUT2D eigenvalue weighted by Gasteiger charge is -2.25. The molecule has 1 aliphatic rings. The van der Waals surface area contributed by atoms with Crippen LogP contribution in [0.5, 0.6) is 0 Å². The SMILES string of the molecule is CCc1ccsc1CNC(=O)C1(C)COCC1N. The number of carbonyl (C=O) groups excluding carboxylic acids is 1. The van der Waals surface area contributed by atoms with Crippen LogP contribution in [0.2, 0.25) is 0 Å². The zero-order valence-corrected chi connectivity index (χ0v) is 11.7. The largest absolute Gasteiger partial charge is 0.379 e. The molecule has 1 aliphatic heterocycles. The molecule has 0 radical (unpaired) electrons. The molecule has 2 atom stereocenters. The van der Waals surface area contributed by atoms with Gasteiger partial charge in [0.05, 0.1) is 25.2 Å². The van der Waals surface area contributed by atoms with Gasteiger partial charge in [-0.3, -0.25) is 4.79 Å². The lowest BCUT2D eigenvalue weighted by molar-refractivity contribution is -0.130. The highest BCUT2D eigenvalue weighted by molar-refractivity contribution is 7.10. The fourth-order valence-electron chi connectivity index (χ4n) is 2.12. The maximum Gasteiger partial charge on any atom is 0.230 e. The monoisotopic (exact) mass is 268 g/mol. The summed E-state index contributed by atoms with van der Waals surface area (Å²) in [6.07, 6.45) is 0.995. The first kappa shape index (κ1) is 13.5. The molecule has 4 nitrogen and oxygen atoms in total. The van der Waals surface area contributed by atoms with Gasteiger partial charge in [0.15, 0.2) is 0 Å². The van der Waals surface area contributed by atoms with E-state index in [-0.39, 0.29) is 11.9 Å². The van der Waals surface area contributed by atoms with E-state index in [2.05, 4.69) is 23.7 Å². The minimum atomic E-state index is -0.594.